The molecule has 1 atom stereocenters. The number of rotatable bonds is 2. The summed E-state index contributed by atoms with van der Waals surface area (Å²) >= 11 is 0. The molecule has 82 valence electrons. The second-order valence-corrected chi connectivity index (χ2v) is 3.57. The van der Waals surface area contributed by atoms with Crippen molar-refractivity contribution in [2.45, 2.75) is 38.0 Å². The number of alkyl halides is 4. The lowest BCUT2D eigenvalue weighted by Gasteiger charge is -2.29. The summed E-state index contributed by atoms with van der Waals surface area (Å²) in [7, 11) is 0. The molecule has 1 aliphatic rings. The molecule has 1 aliphatic carbocycles. The topological polar surface area (TPSA) is 37.3 Å². The Kier molecular flexibility index (Phi) is 2.74. The largest absolute Gasteiger partial charge is 0.481 e. The van der Waals surface area contributed by atoms with Crippen LogP contribution < -0.4 is 0 Å². The molecule has 0 amide bonds. The summed E-state index contributed by atoms with van der Waals surface area (Å²) in [6.07, 6.45) is -8.13. The van der Waals surface area contributed by atoms with Crippen LogP contribution in [0, 0.1) is 5.41 Å². The van der Waals surface area contributed by atoms with Gasteiger partial charge in [-0.2, -0.15) is 13.2 Å². The third-order valence-corrected chi connectivity index (χ3v) is 2.69. The van der Waals surface area contributed by atoms with Gasteiger partial charge >= 0.3 is 12.1 Å². The van der Waals surface area contributed by atoms with Crippen molar-refractivity contribution < 1.29 is 27.5 Å². The molecule has 14 heavy (non-hydrogen) atoms. The molecular formula is C8H10F4O2. The quantitative estimate of drug-likeness (QED) is 0.717. The molecule has 0 aromatic rings. The molecule has 0 aromatic heterocycles. The fourth-order valence-corrected chi connectivity index (χ4v) is 1.89. The van der Waals surface area contributed by atoms with Crippen molar-refractivity contribution in [2.75, 3.05) is 0 Å². The first kappa shape index (κ1) is 11.3. The van der Waals surface area contributed by atoms with E-state index in [0.29, 0.717) is 12.8 Å². The van der Waals surface area contributed by atoms with Gasteiger partial charge in [0.05, 0.1) is 0 Å². The number of hydrogen-bond donors (Lipinski definition) is 1. The molecule has 0 heterocycles. The minimum absolute atomic E-state index is 0.233. The van der Waals surface area contributed by atoms with Gasteiger partial charge in [-0.05, 0) is 12.8 Å². The molecule has 0 bridgehead atoms. The van der Waals surface area contributed by atoms with Gasteiger partial charge < -0.3 is 5.11 Å². The Balaban J connectivity index is 2.94. The number of carboxylic acids is 1. The average molecular weight is 214 g/mol. The van der Waals surface area contributed by atoms with Crippen LogP contribution in [-0.4, -0.2) is 23.4 Å². The third kappa shape index (κ3) is 1.69. The Hall–Kier alpha value is -0.810. The summed E-state index contributed by atoms with van der Waals surface area (Å²) in [6.45, 7) is 0. The number of halogens is 4. The summed E-state index contributed by atoms with van der Waals surface area (Å²) < 4.78 is 49.2. The minimum atomic E-state index is -5.08. The van der Waals surface area contributed by atoms with Crippen LogP contribution in [0.5, 0.6) is 0 Å². The first-order valence-electron chi connectivity index (χ1n) is 4.25. The lowest BCUT2D eigenvalue weighted by Crippen LogP contribution is -2.46. The van der Waals surface area contributed by atoms with Crippen molar-refractivity contribution in [3.05, 3.63) is 0 Å². The highest BCUT2D eigenvalue weighted by molar-refractivity contribution is 5.76. The van der Waals surface area contributed by atoms with E-state index < -0.39 is 23.7 Å². The molecule has 2 nitrogen and oxygen atoms in total. The highest BCUT2D eigenvalue weighted by Crippen LogP contribution is 2.48. The van der Waals surface area contributed by atoms with Crippen LogP contribution in [-0.2, 0) is 4.79 Å². The summed E-state index contributed by atoms with van der Waals surface area (Å²) in [5, 5.41) is 8.66. The van der Waals surface area contributed by atoms with Crippen molar-refractivity contribution in [3.63, 3.8) is 0 Å². The third-order valence-electron chi connectivity index (χ3n) is 2.69. The van der Waals surface area contributed by atoms with Gasteiger partial charge in [-0.15, -0.1) is 0 Å². The zero-order valence-corrected chi connectivity index (χ0v) is 7.27. The smallest absolute Gasteiger partial charge is 0.420 e. The van der Waals surface area contributed by atoms with E-state index in [2.05, 4.69) is 0 Å². The monoisotopic (exact) mass is 214 g/mol. The molecule has 0 aliphatic heterocycles. The van der Waals surface area contributed by atoms with Gasteiger partial charge in [-0.25, -0.2) is 4.39 Å². The first-order chi connectivity index (χ1) is 6.31. The maximum absolute atomic E-state index is 13.0. The Morgan fingerprint density at radius 2 is 1.71 bits per heavy atom. The number of carboxylic acid groups (broad SMARTS) is 1. The highest BCUT2D eigenvalue weighted by Gasteiger charge is 2.59. The second kappa shape index (κ2) is 3.40. The van der Waals surface area contributed by atoms with E-state index in [1.807, 2.05) is 0 Å². The lowest BCUT2D eigenvalue weighted by atomic mass is 9.81. The normalized spacial score (nSPS) is 23.4. The Morgan fingerprint density at radius 1 is 1.29 bits per heavy atom. The Bertz CT molecular complexity index is 230. The van der Waals surface area contributed by atoms with Crippen LogP contribution >= 0.6 is 0 Å². The summed E-state index contributed by atoms with van der Waals surface area (Å²) in [6, 6.07) is 0. The molecular weight excluding hydrogens is 204 g/mol. The van der Waals surface area contributed by atoms with E-state index >= 15 is 0 Å². The first-order valence-corrected chi connectivity index (χ1v) is 4.25. The summed E-state index contributed by atoms with van der Waals surface area (Å²) in [5.41, 5.74) is -2.24. The summed E-state index contributed by atoms with van der Waals surface area (Å²) in [5.74, 6) is -1.68. The highest BCUT2D eigenvalue weighted by atomic mass is 19.4. The standard InChI is InChI=1S/C8H10F4O2/c9-5(8(10,11)12)7(6(13)14)3-1-2-4-7/h5H,1-4H2,(H,13,14). The lowest BCUT2D eigenvalue weighted by molar-refractivity contribution is -0.219. The van der Waals surface area contributed by atoms with Gasteiger partial charge in [-0.3, -0.25) is 4.79 Å². The van der Waals surface area contributed by atoms with Gasteiger partial charge in [0.25, 0.3) is 0 Å². The molecule has 6 heteroatoms. The molecule has 1 saturated carbocycles. The molecule has 1 N–H and O–H groups in total. The zero-order valence-electron chi connectivity index (χ0n) is 7.27. The van der Waals surface area contributed by atoms with Crippen LogP contribution in [0.25, 0.3) is 0 Å². The minimum Gasteiger partial charge on any atom is -0.481 e. The van der Waals surface area contributed by atoms with Gasteiger partial charge in [0.15, 0.2) is 0 Å². The van der Waals surface area contributed by atoms with Gasteiger partial charge in [0.1, 0.15) is 5.41 Å². The number of aliphatic carboxylic acids is 1. The number of hydrogen-bond acceptors (Lipinski definition) is 1. The van der Waals surface area contributed by atoms with E-state index in [4.69, 9.17) is 5.11 Å². The van der Waals surface area contributed by atoms with Gasteiger partial charge in [-0.1, -0.05) is 12.8 Å². The summed E-state index contributed by atoms with van der Waals surface area (Å²) in [4.78, 5) is 10.7. The fraction of sp³-hybridized carbons (Fsp3) is 0.875. The van der Waals surface area contributed by atoms with Crippen molar-refractivity contribution in [1.29, 1.82) is 0 Å². The molecule has 1 fully saturated rings. The van der Waals surface area contributed by atoms with E-state index in [1.54, 1.807) is 0 Å². The Morgan fingerprint density at radius 3 is 2.00 bits per heavy atom. The van der Waals surface area contributed by atoms with E-state index in [9.17, 15) is 22.4 Å². The molecule has 0 radical (unpaired) electrons. The predicted octanol–water partition coefficient (Wildman–Crippen LogP) is 2.53. The fourth-order valence-electron chi connectivity index (χ4n) is 1.89. The van der Waals surface area contributed by atoms with Crippen molar-refractivity contribution >= 4 is 5.97 Å². The zero-order chi connectivity index (χ0) is 11.0. The maximum atomic E-state index is 13.0. The van der Waals surface area contributed by atoms with E-state index in [0.717, 1.165) is 0 Å². The maximum Gasteiger partial charge on any atom is 0.420 e. The Labute approximate surface area is 77.9 Å². The SMILES string of the molecule is O=C(O)C1(C(F)C(F)(F)F)CCCC1. The van der Waals surface area contributed by atoms with Gasteiger partial charge in [0.2, 0.25) is 6.17 Å². The number of carbonyl (C=O) groups is 1. The van der Waals surface area contributed by atoms with Crippen LogP contribution in [0.15, 0.2) is 0 Å². The van der Waals surface area contributed by atoms with Crippen molar-refractivity contribution in [2.24, 2.45) is 5.41 Å². The second-order valence-electron chi connectivity index (χ2n) is 3.57. The van der Waals surface area contributed by atoms with Crippen LogP contribution in [0.3, 0.4) is 0 Å². The molecule has 1 unspecified atom stereocenters. The van der Waals surface area contributed by atoms with Crippen LogP contribution in [0.4, 0.5) is 17.6 Å². The van der Waals surface area contributed by atoms with Crippen molar-refractivity contribution in [3.8, 4) is 0 Å². The van der Waals surface area contributed by atoms with Gasteiger partial charge in [0, 0.05) is 0 Å². The van der Waals surface area contributed by atoms with E-state index in [1.165, 1.54) is 0 Å². The molecule has 1 rings (SSSR count). The molecule has 0 saturated heterocycles. The predicted molar refractivity (Wildman–Crippen MR) is 39.5 cm³/mol. The van der Waals surface area contributed by atoms with Crippen LogP contribution in [0.1, 0.15) is 25.7 Å². The van der Waals surface area contributed by atoms with E-state index in [-0.39, 0.29) is 12.8 Å². The molecule has 0 aromatic carbocycles. The van der Waals surface area contributed by atoms with Crippen molar-refractivity contribution in [1.82, 2.24) is 0 Å². The molecule has 0 spiro atoms. The average Bonchev–Trinajstić information content (AvgIpc) is 2.50. The van der Waals surface area contributed by atoms with Crippen LogP contribution in [0.2, 0.25) is 0 Å².